The van der Waals surface area contributed by atoms with Crippen molar-refractivity contribution >= 4 is 49.9 Å². The fourth-order valence-electron chi connectivity index (χ4n) is 2.08. The maximum atomic E-state index is 12.6. The van der Waals surface area contributed by atoms with E-state index >= 15 is 0 Å². The summed E-state index contributed by atoms with van der Waals surface area (Å²) in [7, 11) is 1.59. The van der Waals surface area contributed by atoms with E-state index in [0.717, 1.165) is 16.4 Å². The maximum absolute atomic E-state index is 12.6. The summed E-state index contributed by atoms with van der Waals surface area (Å²) >= 11 is 6.15. The topological polar surface area (TPSA) is 26.3 Å². The van der Waals surface area contributed by atoms with Gasteiger partial charge in [0.05, 0.1) is 17.7 Å². The van der Waals surface area contributed by atoms with Gasteiger partial charge in [-0.05, 0) is 51.0 Å². The van der Waals surface area contributed by atoms with E-state index in [2.05, 4.69) is 0 Å². The predicted molar refractivity (Wildman–Crippen MR) is 92.0 cm³/mol. The van der Waals surface area contributed by atoms with Crippen molar-refractivity contribution in [1.82, 2.24) is 0 Å². The molecule has 0 aliphatic carbocycles. The third-order valence-corrected chi connectivity index (χ3v) is 4.97. The molecule has 0 saturated heterocycles. The Hall–Kier alpha value is -0.773. The third-order valence-electron chi connectivity index (χ3n) is 3.14. The van der Waals surface area contributed by atoms with Crippen LogP contribution in [-0.2, 0) is 0 Å². The van der Waals surface area contributed by atoms with E-state index < -0.39 is 0 Å². The van der Waals surface area contributed by atoms with Crippen LogP contribution in [-0.4, -0.2) is 31.5 Å². The number of carbonyl (C=O) groups is 1. The van der Waals surface area contributed by atoms with Crippen LogP contribution in [0.25, 0.3) is 0 Å². The minimum atomic E-state index is 0. The number of carbonyl (C=O) groups excluding carboxylic acids is 1. The number of rotatable bonds is 4. The van der Waals surface area contributed by atoms with Gasteiger partial charge in [0, 0.05) is 18.9 Å². The molecule has 0 N–H and O–H groups in total. The summed E-state index contributed by atoms with van der Waals surface area (Å²) in [5, 5.41) is 1.52. The van der Waals surface area contributed by atoms with Crippen LogP contribution in [0.5, 0.6) is 5.75 Å². The van der Waals surface area contributed by atoms with E-state index in [1.54, 1.807) is 25.3 Å². The van der Waals surface area contributed by atoms with Crippen molar-refractivity contribution in [3.8, 4) is 5.75 Å². The monoisotopic (exact) mass is 313 g/mol. The number of halogens is 1. The molecule has 0 bridgehead atoms. The molecule has 1 unspecified atom stereocenters. The number of hydrogen-bond acceptors (Lipinski definition) is 2. The van der Waals surface area contributed by atoms with Gasteiger partial charge in [0.2, 0.25) is 0 Å². The summed E-state index contributed by atoms with van der Waals surface area (Å²) < 4.78 is 5.24. The molecule has 2 aromatic rings. The Kier molecular flexibility index (Phi) is 6.98. The summed E-state index contributed by atoms with van der Waals surface area (Å²) in [4.78, 5) is 12.6. The van der Waals surface area contributed by atoms with Crippen LogP contribution in [0.2, 0.25) is 5.02 Å². The van der Waals surface area contributed by atoms with Crippen LogP contribution in [0.3, 0.4) is 0 Å². The van der Waals surface area contributed by atoms with Crippen molar-refractivity contribution in [1.29, 1.82) is 0 Å². The molecule has 5 heteroatoms. The largest absolute Gasteiger partial charge is 0.496 e. The zero-order chi connectivity index (χ0) is 14.7. The van der Waals surface area contributed by atoms with E-state index in [0.29, 0.717) is 16.3 Å². The zero-order valence-corrected chi connectivity index (χ0v) is 14.4. The van der Waals surface area contributed by atoms with E-state index in [9.17, 15) is 4.79 Å². The molecule has 0 fully saturated rings. The molecule has 0 aliphatic rings. The SMILES string of the molecule is COc1cccc(Cl)c1C(=O)Pc1c(C)cccc1C.[Li]. The van der Waals surface area contributed by atoms with E-state index in [-0.39, 0.29) is 33.0 Å². The summed E-state index contributed by atoms with van der Waals surface area (Å²) in [6.45, 7) is 4.04. The minimum absolute atomic E-state index is 0. The van der Waals surface area contributed by atoms with Gasteiger partial charge in [-0.15, -0.1) is 0 Å². The van der Waals surface area contributed by atoms with Crippen molar-refractivity contribution < 1.29 is 9.53 Å². The Morgan fingerprint density at radius 3 is 2.24 bits per heavy atom. The van der Waals surface area contributed by atoms with Crippen LogP contribution in [0.1, 0.15) is 21.5 Å². The number of ether oxygens (including phenoxy) is 1. The molecule has 0 aliphatic heterocycles. The first-order chi connectivity index (χ1) is 9.54. The molecule has 0 saturated carbocycles. The van der Waals surface area contributed by atoms with Crippen molar-refractivity contribution in [2.45, 2.75) is 13.8 Å². The second kappa shape index (κ2) is 8.02. The quantitative estimate of drug-likeness (QED) is 0.635. The van der Waals surface area contributed by atoms with Crippen molar-refractivity contribution in [2.75, 3.05) is 7.11 Å². The van der Waals surface area contributed by atoms with Crippen LogP contribution in [0.4, 0.5) is 0 Å². The number of methoxy groups -OCH3 is 1. The van der Waals surface area contributed by atoms with Gasteiger partial charge in [-0.3, -0.25) is 4.79 Å². The Morgan fingerprint density at radius 1 is 1.10 bits per heavy atom. The van der Waals surface area contributed by atoms with Gasteiger partial charge in [0.1, 0.15) is 5.75 Å². The molecular weight excluding hydrogens is 298 g/mol. The van der Waals surface area contributed by atoms with Crippen LogP contribution >= 0.6 is 20.2 Å². The average molecular weight is 314 g/mol. The molecular formula is C16H16ClLiO2P. The number of aryl methyl sites for hydroxylation is 2. The van der Waals surface area contributed by atoms with E-state index in [1.807, 2.05) is 32.0 Å². The normalized spacial score (nSPS) is 10.5. The summed E-state index contributed by atoms with van der Waals surface area (Å²) in [6.07, 6.45) is 0. The van der Waals surface area contributed by atoms with Gasteiger partial charge in [-0.1, -0.05) is 35.9 Å². The standard InChI is InChI=1S/C16H16ClO2P.Li/c1-10-6-4-7-11(2)15(10)20-16(18)14-12(17)8-5-9-13(14)19-3;/h4-9,20H,1-3H3;. The molecule has 105 valence electrons. The number of hydrogen-bond donors (Lipinski definition) is 0. The van der Waals surface area contributed by atoms with E-state index in [4.69, 9.17) is 16.3 Å². The summed E-state index contributed by atoms with van der Waals surface area (Å²) in [6, 6.07) is 11.3. The van der Waals surface area contributed by atoms with Gasteiger partial charge in [0.15, 0.2) is 5.52 Å². The Labute approximate surface area is 144 Å². The average Bonchev–Trinajstić information content (AvgIpc) is 2.42. The molecule has 21 heavy (non-hydrogen) atoms. The van der Waals surface area contributed by atoms with E-state index in [1.165, 1.54) is 0 Å². The second-order valence-electron chi connectivity index (χ2n) is 4.54. The van der Waals surface area contributed by atoms with Crippen LogP contribution in [0.15, 0.2) is 36.4 Å². The Morgan fingerprint density at radius 2 is 1.67 bits per heavy atom. The molecule has 0 amide bonds. The Bertz CT molecular complexity index is 638. The molecule has 0 aromatic heterocycles. The molecule has 2 rings (SSSR count). The number of benzene rings is 2. The second-order valence-corrected chi connectivity index (χ2v) is 6.15. The molecule has 1 atom stereocenters. The van der Waals surface area contributed by atoms with Gasteiger partial charge in [-0.2, -0.15) is 0 Å². The van der Waals surface area contributed by atoms with Crippen molar-refractivity contribution in [2.24, 2.45) is 0 Å². The van der Waals surface area contributed by atoms with Crippen molar-refractivity contribution in [3.05, 3.63) is 58.1 Å². The van der Waals surface area contributed by atoms with Crippen LogP contribution in [0, 0.1) is 13.8 Å². The van der Waals surface area contributed by atoms with Crippen molar-refractivity contribution in [3.63, 3.8) is 0 Å². The van der Waals surface area contributed by atoms with Gasteiger partial charge < -0.3 is 4.74 Å². The predicted octanol–water partition coefficient (Wildman–Crippen LogP) is 3.73. The van der Waals surface area contributed by atoms with Crippen LogP contribution < -0.4 is 10.0 Å². The molecule has 0 spiro atoms. The fourth-order valence-corrected chi connectivity index (χ4v) is 3.58. The molecule has 0 heterocycles. The fraction of sp³-hybridized carbons (Fsp3) is 0.188. The molecule has 2 aromatic carbocycles. The Balaban J connectivity index is 0.00000220. The minimum Gasteiger partial charge on any atom is -0.496 e. The molecule has 2 nitrogen and oxygen atoms in total. The maximum Gasteiger partial charge on any atom is 0.190 e. The van der Waals surface area contributed by atoms with Gasteiger partial charge in [0.25, 0.3) is 0 Å². The molecule has 1 radical (unpaired) electrons. The summed E-state index contributed by atoms with van der Waals surface area (Å²) in [5.74, 6) is 0.529. The smallest absolute Gasteiger partial charge is 0.190 e. The third kappa shape index (κ3) is 4.12. The van der Waals surface area contributed by atoms with Gasteiger partial charge in [-0.25, -0.2) is 0 Å². The summed E-state index contributed by atoms with van der Waals surface area (Å²) in [5.41, 5.74) is 2.73. The zero-order valence-electron chi connectivity index (χ0n) is 12.7. The first-order valence-electron chi connectivity index (χ1n) is 6.24. The first-order valence-corrected chi connectivity index (χ1v) is 7.62. The first kappa shape index (κ1) is 18.3. The van der Waals surface area contributed by atoms with Gasteiger partial charge >= 0.3 is 0 Å².